The fourth-order valence-electron chi connectivity index (χ4n) is 4.13. The number of hydrogen-bond donors (Lipinski definition) is 0. The first kappa shape index (κ1) is 20.8. The van der Waals surface area contributed by atoms with Crippen molar-refractivity contribution in [3.8, 4) is 16.5 Å². The predicted molar refractivity (Wildman–Crippen MR) is 134 cm³/mol. The number of thioether (sulfide) groups is 1. The molecule has 1 unspecified atom stereocenters. The largest absolute Gasteiger partial charge is 0.419 e. The predicted octanol–water partition coefficient (Wildman–Crippen LogP) is 6.21. The van der Waals surface area contributed by atoms with Crippen LogP contribution in [0.3, 0.4) is 0 Å². The summed E-state index contributed by atoms with van der Waals surface area (Å²) in [6.07, 6.45) is 3.10. The second-order valence-electron chi connectivity index (χ2n) is 8.09. The number of nitrogens with zero attached hydrogens (tertiary/aromatic N) is 4. The molecular weight excluding hydrogens is 472 g/mol. The highest BCUT2D eigenvalue weighted by Crippen LogP contribution is 2.39. The summed E-state index contributed by atoms with van der Waals surface area (Å²) in [5.74, 6) is 1.03. The lowest BCUT2D eigenvalue weighted by Crippen LogP contribution is -2.22. The van der Waals surface area contributed by atoms with Crippen LogP contribution in [0.4, 0.5) is 0 Å². The Labute approximate surface area is 202 Å². The quantitative estimate of drug-likeness (QED) is 0.215. The third kappa shape index (κ3) is 3.64. The standard InChI is InChI=1S/C24H20N4O2S3/c1-13-8-10-15(11-9-13)28-23(29)19-16-5-3-6-17(16)33-22(19)25-24(28)32-14(2)20-26-27-21(30-20)18-7-4-12-31-18/h4,7-12,14H,3,5-6H2,1-2H3. The van der Waals surface area contributed by atoms with Crippen LogP contribution in [-0.2, 0) is 12.8 Å². The van der Waals surface area contributed by atoms with Crippen molar-refractivity contribution in [2.75, 3.05) is 0 Å². The van der Waals surface area contributed by atoms with E-state index in [-0.39, 0.29) is 10.8 Å². The maximum absolute atomic E-state index is 13.8. The summed E-state index contributed by atoms with van der Waals surface area (Å²) in [5.41, 5.74) is 3.16. The third-order valence-electron chi connectivity index (χ3n) is 5.80. The summed E-state index contributed by atoms with van der Waals surface area (Å²) in [5, 5.41) is 11.7. The molecular formula is C24H20N4O2S3. The van der Waals surface area contributed by atoms with Gasteiger partial charge in [-0.2, -0.15) is 0 Å². The Kier molecular flexibility index (Phi) is 5.20. The maximum atomic E-state index is 13.8. The third-order valence-corrected chi connectivity index (χ3v) is 8.89. The molecule has 0 N–H and O–H groups in total. The molecule has 0 saturated carbocycles. The molecule has 166 valence electrons. The van der Waals surface area contributed by atoms with Crippen LogP contribution in [0.2, 0.25) is 0 Å². The molecule has 6 nitrogen and oxygen atoms in total. The minimum atomic E-state index is -0.168. The van der Waals surface area contributed by atoms with E-state index in [4.69, 9.17) is 9.40 Å². The number of aromatic nitrogens is 4. The molecule has 0 aliphatic heterocycles. The maximum Gasteiger partial charge on any atom is 0.267 e. The molecule has 0 saturated heterocycles. The van der Waals surface area contributed by atoms with E-state index in [1.807, 2.05) is 55.6 Å². The highest BCUT2D eigenvalue weighted by molar-refractivity contribution is 7.99. The van der Waals surface area contributed by atoms with Gasteiger partial charge in [-0.1, -0.05) is 35.5 Å². The lowest BCUT2D eigenvalue weighted by atomic mass is 10.2. The van der Waals surface area contributed by atoms with Crippen molar-refractivity contribution in [2.45, 2.75) is 43.5 Å². The van der Waals surface area contributed by atoms with Gasteiger partial charge in [-0.25, -0.2) is 4.98 Å². The van der Waals surface area contributed by atoms with Crippen molar-refractivity contribution in [3.63, 3.8) is 0 Å². The van der Waals surface area contributed by atoms with Crippen LogP contribution in [0.15, 0.2) is 56.1 Å². The molecule has 5 aromatic rings. The number of aryl methyl sites for hydroxylation is 3. The van der Waals surface area contributed by atoms with Crippen LogP contribution in [0.1, 0.15) is 40.5 Å². The Morgan fingerprint density at radius 3 is 2.79 bits per heavy atom. The number of fused-ring (bicyclic) bond motifs is 3. The van der Waals surface area contributed by atoms with Crippen molar-refractivity contribution in [3.05, 3.63) is 74.0 Å². The first-order valence-corrected chi connectivity index (χ1v) is 13.3. The summed E-state index contributed by atoms with van der Waals surface area (Å²) < 4.78 is 7.69. The zero-order valence-electron chi connectivity index (χ0n) is 18.1. The van der Waals surface area contributed by atoms with Gasteiger partial charge in [0.15, 0.2) is 5.16 Å². The molecule has 1 aliphatic rings. The smallest absolute Gasteiger partial charge is 0.267 e. The van der Waals surface area contributed by atoms with Gasteiger partial charge < -0.3 is 4.42 Å². The van der Waals surface area contributed by atoms with E-state index in [1.165, 1.54) is 22.2 Å². The van der Waals surface area contributed by atoms with Crippen molar-refractivity contribution < 1.29 is 4.42 Å². The van der Waals surface area contributed by atoms with Crippen LogP contribution in [0.5, 0.6) is 0 Å². The van der Waals surface area contributed by atoms with Crippen LogP contribution in [-0.4, -0.2) is 19.7 Å². The topological polar surface area (TPSA) is 73.8 Å². The molecule has 1 aromatic carbocycles. The summed E-state index contributed by atoms with van der Waals surface area (Å²) >= 11 is 4.69. The van der Waals surface area contributed by atoms with Crippen LogP contribution < -0.4 is 5.56 Å². The van der Waals surface area contributed by atoms with Crippen LogP contribution in [0.25, 0.3) is 26.7 Å². The van der Waals surface area contributed by atoms with Gasteiger partial charge in [0.1, 0.15) is 4.83 Å². The fourth-order valence-corrected chi connectivity index (χ4v) is 7.04. The number of benzene rings is 1. The Hall–Kier alpha value is -2.75. The molecule has 33 heavy (non-hydrogen) atoms. The zero-order chi connectivity index (χ0) is 22.5. The first-order valence-electron chi connectivity index (χ1n) is 10.8. The Balaban J connectivity index is 1.45. The van der Waals surface area contributed by atoms with Gasteiger partial charge in [-0.15, -0.1) is 32.9 Å². The Bertz CT molecular complexity index is 1510. The number of rotatable bonds is 5. The lowest BCUT2D eigenvalue weighted by molar-refractivity contribution is 0.510. The van der Waals surface area contributed by atoms with Crippen molar-refractivity contribution >= 4 is 44.7 Å². The van der Waals surface area contributed by atoms with Gasteiger partial charge in [0.2, 0.25) is 5.89 Å². The van der Waals surface area contributed by atoms with Gasteiger partial charge in [0.25, 0.3) is 11.4 Å². The normalized spacial score (nSPS) is 14.1. The SMILES string of the molecule is Cc1ccc(-n2c(SC(C)c3nnc(-c4cccs4)o3)nc3sc4c(c3c2=O)CCC4)cc1. The van der Waals surface area contributed by atoms with E-state index in [2.05, 4.69) is 10.2 Å². The number of hydrogen-bond acceptors (Lipinski definition) is 8. The molecule has 0 bridgehead atoms. The van der Waals surface area contributed by atoms with E-state index in [0.717, 1.165) is 45.6 Å². The van der Waals surface area contributed by atoms with Crippen LogP contribution in [0, 0.1) is 6.92 Å². The molecule has 6 rings (SSSR count). The van der Waals surface area contributed by atoms with E-state index in [1.54, 1.807) is 27.2 Å². The van der Waals surface area contributed by atoms with Crippen molar-refractivity contribution in [1.82, 2.24) is 19.7 Å². The van der Waals surface area contributed by atoms with Gasteiger partial charge >= 0.3 is 0 Å². The van der Waals surface area contributed by atoms with E-state index < -0.39 is 0 Å². The average molecular weight is 493 g/mol. The summed E-state index contributed by atoms with van der Waals surface area (Å²) in [6.45, 7) is 4.04. The van der Waals surface area contributed by atoms with Crippen molar-refractivity contribution in [1.29, 1.82) is 0 Å². The molecule has 4 heterocycles. The molecule has 1 atom stereocenters. The molecule has 0 fully saturated rings. The zero-order valence-corrected chi connectivity index (χ0v) is 20.5. The first-order chi connectivity index (χ1) is 16.1. The number of thiophene rings is 2. The monoisotopic (exact) mass is 492 g/mol. The highest BCUT2D eigenvalue weighted by Gasteiger charge is 2.26. The Morgan fingerprint density at radius 2 is 2.00 bits per heavy atom. The van der Waals surface area contributed by atoms with Crippen molar-refractivity contribution in [2.24, 2.45) is 0 Å². The summed E-state index contributed by atoms with van der Waals surface area (Å²) in [6, 6.07) is 11.9. The molecule has 0 radical (unpaired) electrons. The molecule has 4 aromatic heterocycles. The molecule has 9 heteroatoms. The highest BCUT2D eigenvalue weighted by atomic mass is 32.2. The minimum absolute atomic E-state index is 0.00255. The summed E-state index contributed by atoms with van der Waals surface area (Å²) in [4.78, 5) is 21.8. The van der Waals surface area contributed by atoms with Gasteiger partial charge in [0, 0.05) is 4.88 Å². The second kappa shape index (κ2) is 8.23. The molecule has 0 amide bonds. The average Bonchev–Trinajstić information content (AvgIpc) is 3.58. The van der Waals surface area contributed by atoms with Gasteiger partial charge in [-0.05, 0) is 62.3 Å². The van der Waals surface area contributed by atoms with E-state index in [0.29, 0.717) is 16.9 Å². The fraction of sp³-hybridized carbons (Fsp3) is 0.250. The van der Waals surface area contributed by atoms with E-state index >= 15 is 0 Å². The molecule has 1 aliphatic carbocycles. The Morgan fingerprint density at radius 1 is 1.15 bits per heavy atom. The van der Waals surface area contributed by atoms with Gasteiger partial charge in [-0.3, -0.25) is 9.36 Å². The summed E-state index contributed by atoms with van der Waals surface area (Å²) in [7, 11) is 0. The van der Waals surface area contributed by atoms with Gasteiger partial charge in [0.05, 0.1) is 21.2 Å². The second-order valence-corrected chi connectivity index (χ2v) is 11.4. The molecule has 0 spiro atoms. The lowest BCUT2D eigenvalue weighted by Gasteiger charge is -2.14. The minimum Gasteiger partial charge on any atom is -0.419 e. The van der Waals surface area contributed by atoms with E-state index in [9.17, 15) is 4.79 Å². The van der Waals surface area contributed by atoms with Crippen LogP contribution >= 0.6 is 34.4 Å².